The Labute approximate surface area is 71.5 Å². The van der Waals surface area contributed by atoms with E-state index in [1.54, 1.807) is 6.08 Å². The first-order chi connectivity index (χ1) is 5.24. The molecule has 1 rings (SSSR count). The zero-order valence-electron chi connectivity index (χ0n) is 6.13. The minimum atomic E-state index is -0.0905. The SMILES string of the molecule is C=C[C@@H](N)c1ccc(Cl)cc1. The highest BCUT2D eigenvalue weighted by atomic mass is 35.5. The second-order valence-corrected chi connectivity index (χ2v) is 2.75. The molecule has 11 heavy (non-hydrogen) atoms. The van der Waals surface area contributed by atoms with Crippen molar-refractivity contribution in [2.45, 2.75) is 6.04 Å². The summed E-state index contributed by atoms with van der Waals surface area (Å²) in [6.45, 7) is 3.60. The number of hydrogen-bond donors (Lipinski definition) is 1. The summed E-state index contributed by atoms with van der Waals surface area (Å²) in [5, 5.41) is 0.727. The molecule has 0 unspecified atom stereocenters. The molecule has 2 heteroatoms. The van der Waals surface area contributed by atoms with Crippen molar-refractivity contribution in [1.29, 1.82) is 0 Å². The standard InChI is InChI=1S/C9H10ClN/c1-2-9(11)7-3-5-8(10)6-4-7/h2-6,9H,1,11H2/t9-/m1/s1. The second-order valence-electron chi connectivity index (χ2n) is 2.31. The van der Waals surface area contributed by atoms with Gasteiger partial charge in [0.2, 0.25) is 0 Å². The Morgan fingerprint density at radius 3 is 2.36 bits per heavy atom. The number of rotatable bonds is 2. The monoisotopic (exact) mass is 167 g/mol. The van der Waals surface area contributed by atoms with Gasteiger partial charge in [-0.15, -0.1) is 6.58 Å². The number of halogens is 1. The Morgan fingerprint density at radius 2 is 1.91 bits per heavy atom. The molecule has 0 saturated heterocycles. The predicted molar refractivity (Wildman–Crippen MR) is 48.6 cm³/mol. The van der Waals surface area contributed by atoms with Crippen LogP contribution in [0.1, 0.15) is 11.6 Å². The van der Waals surface area contributed by atoms with Gasteiger partial charge in [0.25, 0.3) is 0 Å². The molecule has 1 atom stereocenters. The van der Waals surface area contributed by atoms with Crippen molar-refractivity contribution in [3.05, 3.63) is 47.5 Å². The van der Waals surface area contributed by atoms with Crippen LogP contribution < -0.4 is 5.73 Å². The fraction of sp³-hybridized carbons (Fsp3) is 0.111. The topological polar surface area (TPSA) is 26.0 Å². The summed E-state index contributed by atoms with van der Waals surface area (Å²) in [7, 11) is 0. The number of hydrogen-bond acceptors (Lipinski definition) is 1. The van der Waals surface area contributed by atoms with E-state index in [1.165, 1.54) is 0 Å². The van der Waals surface area contributed by atoms with Gasteiger partial charge in [0.05, 0.1) is 0 Å². The summed E-state index contributed by atoms with van der Waals surface area (Å²) in [4.78, 5) is 0. The molecule has 0 aliphatic heterocycles. The van der Waals surface area contributed by atoms with Crippen LogP contribution in [0.2, 0.25) is 5.02 Å². The quantitative estimate of drug-likeness (QED) is 0.674. The molecule has 0 amide bonds. The Balaban J connectivity index is 2.89. The highest BCUT2D eigenvalue weighted by Gasteiger charge is 1.98. The van der Waals surface area contributed by atoms with E-state index in [9.17, 15) is 0 Å². The molecule has 0 saturated carbocycles. The predicted octanol–water partition coefficient (Wildman–Crippen LogP) is 2.53. The molecule has 2 N–H and O–H groups in total. The lowest BCUT2D eigenvalue weighted by Crippen LogP contribution is -2.05. The van der Waals surface area contributed by atoms with Gasteiger partial charge in [-0.2, -0.15) is 0 Å². The van der Waals surface area contributed by atoms with Crippen LogP contribution >= 0.6 is 11.6 Å². The van der Waals surface area contributed by atoms with E-state index in [2.05, 4.69) is 6.58 Å². The van der Waals surface area contributed by atoms with E-state index >= 15 is 0 Å². The van der Waals surface area contributed by atoms with Gasteiger partial charge in [0.15, 0.2) is 0 Å². The molecule has 1 nitrogen and oxygen atoms in total. The van der Waals surface area contributed by atoms with Crippen molar-refractivity contribution in [3.63, 3.8) is 0 Å². The summed E-state index contributed by atoms with van der Waals surface area (Å²) in [6, 6.07) is 7.34. The van der Waals surface area contributed by atoms with Crippen LogP contribution in [0.5, 0.6) is 0 Å². The normalized spacial score (nSPS) is 12.5. The molecule has 0 spiro atoms. The molecule has 0 bridgehead atoms. The molecule has 0 fully saturated rings. The third-order valence-corrected chi connectivity index (χ3v) is 1.76. The van der Waals surface area contributed by atoms with E-state index in [1.807, 2.05) is 24.3 Å². The second kappa shape index (κ2) is 3.56. The van der Waals surface area contributed by atoms with Crippen LogP contribution in [-0.2, 0) is 0 Å². The minimum Gasteiger partial charge on any atom is -0.321 e. The van der Waals surface area contributed by atoms with Crippen molar-refractivity contribution in [2.75, 3.05) is 0 Å². The number of nitrogens with two attached hydrogens (primary N) is 1. The van der Waals surface area contributed by atoms with Crippen LogP contribution in [-0.4, -0.2) is 0 Å². The molecule has 0 radical (unpaired) electrons. The van der Waals surface area contributed by atoms with Crippen LogP contribution in [0.4, 0.5) is 0 Å². The first-order valence-electron chi connectivity index (χ1n) is 3.37. The summed E-state index contributed by atoms with van der Waals surface area (Å²) in [5.41, 5.74) is 6.72. The third-order valence-electron chi connectivity index (χ3n) is 1.51. The van der Waals surface area contributed by atoms with E-state index in [0.717, 1.165) is 10.6 Å². The van der Waals surface area contributed by atoms with Gasteiger partial charge in [-0.25, -0.2) is 0 Å². The fourth-order valence-electron chi connectivity index (χ4n) is 0.821. The lowest BCUT2D eigenvalue weighted by atomic mass is 10.1. The van der Waals surface area contributed by atoms with Gasteiger partial charge in [-0.05, 0) is 17.7 Å². The number of benzene rings is 1. The average Bonchev–Trinajstić information content (AvgIpc) is 2.05. The van der Waals surface area contributed by atoms with Gasteiger partial charge in [-0.1, -0.05) is 29.8 Å². The zero-order chi connectivity index (χ0) is 8.27. The van der Waals surface area contributed by atoms with Crippen LogP contribution in [0.15, 0.2) is 36.9 Å². The maximum atomic E-state index is 5.69. The van der Waals surface area contributed by atoms with E-state index in [4.69, 9.17) is 17.3 Å². The Bertz CT molecular complexity index is 240. The highest BCUT2D eigenvalue weighted by Crippen LogP contribution is 2.14. The van der Waals surface area contributed by atoms with E-state index < -0.39 is 0 Å². The smallest absolute Gasteiger partial charge is 0.0478 e. The molecule has 1 aromatic rings. The molecule has 0 aliphatic rings. The van der Waals surface area contributed by atoms with Gasteiger partial charge in [-0.3, -0.25) is 0 Å². The minimum absolute atomic E-state index is 0.0905. The Morgan fingerprint density at radius 1 is 1.36 bits per heavy atom. The molecule has 58 valence electrons. The average molecular weight is 168 g/mol. The molecule has 0 aromatic heterocycles. The molecular formula is C9H10ClN. The summed E-state index contributed by atoms with van der Waals surface area (Å²) >= 11 is 5.69. The Kier molecular flexibility index (Phi) is 2.69. The van der Waals surface area contributed by atoms with Gasteiger partial charge < -0.3 is 5.73 Å². The van der Waals surface area contributed by atoms with Crippen molar-refractivity contribution < 1.29 is 0 Å². The lowest BCUT2D eigenvalue weighted by Gasteiger charge is -2.04. The van der Waals surface area contributed by atoms with Crippen molar-refractivity contribution in [3.8, 4) is 0 Å². The molecule has 0 aliphatic carbocycles. The lowest BCUT2D eigenvalue weighted by molar-refractivity contribution is 0.915. The molecule has 0 heterocycles. The van der Waals surface area contributed by atoms with Gasteiger partial charge in [0.1, 0.15) is 0 Å². The first kappa shape index (κ1) is 8.31. The van der Waals surface area contributed by atoms with Crippen LogP contribution in [0, 0.1) is 0 Å². The maximum absolute atomic E-state index is 5.69. The van der Waals surface area contributed by atoms with Gasteiger partial charge >= 0.3 is 0 Å². The van der Waals surface area contributed by atoms with Crippen molar-refractivity contribution in [2.24, 2.45) is 5.73 Å². The Hall–Kier alpha value is -0.790. The third kappa shape index (κ3) is 2.07. The maximum Gasteiger partial charge on any atom is 0.0478 e. The largest absolute Gasteiger partial charge is 0.321 e. The van der Waals surface area contributed by atoms with Crippen molar-refractivity contribution >= 4 is 11.6 Å². The zero-order valence-corrected chi connectivity index (χ0v) is 6.88. The van der Waals surface area contributed by atoms with Crippen LogP contribution in [0.25, 0.3) is 0 Å². The van der Waals surface area contributed by atoms with Crippen LogP contribution in [0.3, 0.4) is 0 Å². The van der Waals surface area contributed by atoms with E-state index in [-0.39, 0.29) is 6.04 Å². The summed E-state index contributed by atoms with van der Waals surface area (Å²) in [6.07, 6.45) is 1.70. The highest BCUT2D eigenvalue weighted by molar-refractivity contribution is 6.30. The first-order valence-corrected chi connectivity index (χ1v) is 3.75. The molecular weight excluding hydrogens is 158 g/mol. The van der Waals surface area contributed by atoms with Gasteiger partial charge in [0, 0.05) is 11.1 Å². The van der Waals surface area contributed by atoms with E-state index in [0.29, 0.717) is 0 Å². The fourth-order valence-corrected chi connectivity index (χ4v) is 0.947. The van der Waals surface area contributed by atoms with Crippen molar-refractivity contribution in [1.82, 2.24) is 0 Å². The summed E-state index contributed by atoms with van der Waals surface area (Å²) < 4.78 is 0. The summed E-state index contributed by atoms with van der Waals surface area (Å²) in [5.74, 6) is 0. The molecule has 1 aromatic carbocycles.